The minimum atomic E-state index is 0. The molecule has 2 fully saturated rings. The highest BCUT2D eigenvalue weighted by molar-refractivity contribution is 14.0. The van der Waals surface area contributed by atoms with Gasteiger partial charge in [-0.05, 0) is 33.6 Å². The van der Waals surface area contributed by atoms with Crippen molar-refractivity contribution in [2.75, 3.05) is 19.7 Å². The fourth-order valence-corrected chi connectivity index (χ4v) is 5.28. The Balaban J connectivity index is 0.00000243. The van der Waals surface area contributed by atoms with Gasteiger partial charge in [0.05, 0.1) is 16.8 Å². The van der Waals surface area contributed by atoms with Crippen LogP contribution in [0.2, 0.25) is 0 Å². The molecule has 3 rings (SSSR count). The Morgan fingerprint density at radius 1 is 1.38 bits per heavy atom. The SMILES string of the molecule is CCNC(=NCCc1sc(C)nc1C)NC1C2CCCOC2C1(C)C.I. The third kappa shape index (κ3) is 4.52. The Bertz CT molecular complexity index is 631. The van der Waals surface area contributed by atoms with E-state index < -0.39 is 0 Å². The molecule has 148 valence electrons. The lowest BCUT2D eigenvalue weighted by Crippen LogP contribution is -2.71. The predicted octanol–water partition coefficient (Wildman–Crippen LogP) is 3.68. The standard InChI is InChI=1S/C19H32N4OS.HI/c1-6-20-18(21-10-9-15-12(2)22-13(3)25-15)23-16-14-8-7-11-24-17(14)19(16,4)5;/h14,16-17H,6-11H2,1-5H3,(H2,20,21,23);1H. The number of nitrogens with zero attached hydrogens (tertiary/aromatic N) is 2. The molecule has 0 amide bonds. The van der Waals surface area contributed by atoms with Crippen LogP contribution in [0.5, 0.6) is 0 Å². The van der Waals surface area contributed by atoms with Crippen molar-refractivity contribution in [3.63, 3.8) is 0 Å². The van der Waals surface area contributed by atoms with Gasteiger partial charge in [0.1, 0.15) is 0 Å². The zero-order chi connectivity index (χ0) is 18.0. The third-order valence-electron chi connectivity index (χ3n) is 5.58. The molecule has 1 aromatic rings. The highest BCUT2D eigenvalue weighted by atomic mass is 127. The van der Waals surface area contributed by atoms with Crippen LogP contribution in [0.4, 0.5) is 0 Å². The summed E-state index contributed by atoms with van der Waals surface area (Å²) in [4.78, 5) is 10.7. The molecule has 2 aliphatic rings. The summed E-state index contributed by atoms with van der Waals surface area (Å²) in [5.74, 6) is 1.54. The fourth-order valence-electron chi connectivity index (χ4n) is 4.36. The highest BCUT2D eigenvalue weighted by Crippen LogP contribution is 2.51. The van der Waals surface area contributed by atoms with Crippen molar-refractivity contribution in [3.05, 3.63) is 15.6 Å². The van der Waals surface area contributed by atoms with E-state index in [1.165, 1.54) is 17.7 Å². The summed E-state index contributed by atoms with van der Waals surface area (Å²) in [6, 6.07) is 0.433. The molecule has 26 heavy (non-hydrogen) atoms. The van der Waals surface area contributed by atoms with Gasteiger partial charge in [0, 0.05) is 48.4 Å². The Labute approximate surface area is 178 Å². The second-order valence-electron chi connectivity index (χ2n) is 7.79. The Kier molecular flexibility index (Phi) is 7.73. The van der Waals surface area contributed by atoms with Gasteiger partial charge in [0.15, 0.2) is 5.96 Å². The summed E-state index contributed by atoms with van der Waals surface area (Å²) >= 11 is 1.79. The van der Waals surface area contributed by atoms with Crippen LogP contribution in [0.15, 0.2) is 4.99 Å². The quantitative estimate of drug-likeness (QED) is 0.374. The first-order chi connectivity index (χ1) is 11.9. The summed E-state index contributed by atoms with van der Waals surface area (Å²) in [5, 5.41) is 8.24. The van der Waals surface area contributed by atoms with E-state index in [1.807, 2.05) is 0 Å². The number of aromatic nitrogens is 1. The lowest BCUT2D eigenvalue weighted by Gasteiger charge is -2.60. The first kappa shape index (κ1) is 21.9. The molecule has 3 unspecified atom stereocenters. The molecule has 5 nitrogen and oxygen atoms in total. The number of hydrogen-bond acceptors (Lipinski definition) is 4. The molecule has 3 atom stereocenters. The zero-order valence-corrected chi connectivity index (χ0v) is 19.7. The van der Waals surface area contributed by atoms with Gasteiger partial charge in [-0.15, -0.1) is 35.3 Å². The van der Waals surface area contributed by atoms with E-state index in [0.717, 1.165) is 42.8 Å². The number of aryl methyl sites for hydroxylation is 2. The van der Waals surface area contributed by atoms with E-state index in [-0.39, 0.29) is 29.4 Å². The maximum absolute atomic E-state index is 6.01. The van der Waals surface area contributed by atoms with E-state index in [9.17, 15) is 0 Å². The maximum Gasteiger partial charge on any atom is 0.191 e. The molecule has 7 heteroatoms. The van der Waals surface area contributed by atoms with Crippen molar-refractivity contribution in [1.82, 2.24) is 15.6 Å². The number of halogens is 1. The molecule has 0 bridgehead atoms. The van der Waals surface area contributed by atoms with E-state index in [0.29, 0.717) is 18.1 Å². The number of hydrogen-bond donors (Lipinski definition) is 2. The summed E-state index contributed by atoms with van der Waals surface area (Å²) in [6.45, 7) is 13.5. The van der Waals surface area contributed by atoms with Gasteiger partial charge in [-0.25, -0.2) is 4.98 Å². The van der Waals surface area contributed by atoms with E-state index >= 15 is 0 Å². The van der Waals surface area contributed by atoms with Crippen LogP contribution in [0.3, 0.4) is 0 Å². The van der Waals surface area contributed by atoms with Crippen molar-refractivity contribution in [1.29, 1.82) is 0 Å². The summed E-state index contributed by atoms with van der Waals surface area (Å²) in [5.41, 5.74) is 1.31. The first-order valence-electron chi connectivity index (χ1n) is 9.52. The van der Waals surface area contributed by atoms with Gasteiger partial charge < -0.3 is 15.4 Å². The Morgan fingerprint density at radius 2 is 2.15 bits per heavy atom. The van der Waals surface area contributed by atoms with Crippen LogP contribution >= 0.6 is 35.3 Å². The predicted molar refractivity (Wildman–Crippen MR) is 120 cm³/mol. The van der Waals surface area contributed by atoms with Crippen molar-refractivity contribution in [2.45, 2.75) is 66.0 Å². The molecule has 1 aliphatic heterocycles. The number of fused-ring (bicyclic) bond motifs is 1. The lowest BCUT2D eigenvalue weighted by atomic mass is 9.55. The summed E-state index contributed by atoms with van der Waals surface area (Å²) in [6.07, 6.45) is 3.78. The molecule has 0 radical (unpaired) electrons. The van der Waals surface area contributed by atoms with Crippen molar-refractivity contribution in [2.24, 2.45) is 16.3 Å². The van der Waals surface area contributed by atoms with Crippen molar-refractivity contribution < 1.29 is 4.74 Å². The average Bonchev–Trinajstić information content (AvgIpc) is 2.90. The second-order valence-corrected chi connectivity index (χ2v) is 9.08. The Morgan fingerprint density at radius 3 is 2.81 bits per heavy atom. The highest BCUT2D eigenvalue weighted by Gasteiger charge is 2.58. The van der Waals surface area contributed by atoms with Crippen molar-refractivity contribution in [3.8, 4) is 0 Å². The van der Waals surface area contributed by atoms with E-state index in [4.69, 9.17) is 9.73 Å². The van der Waals surface area contributed by atoms with Gasteiger partial charge >= 0.3 is 0 Å². The lowest BCUT2D eigenvalue weighted by molar-refractivity contribution is -0.188. The second kappa shape index (κ2) is 9.19. The molecule has 1 saturated carbocycles. The minimum absolute atomic E-state index is 0. The van der Waals surface area contributed by atoms with Crippen LogP contribution in [0.25, 0.3) is 0 Å². The molecular formula is C19H33IN4OS. The van der Waals surface area contributed by atoms with Crippen LogP contribution in [-0.4, -0.2) is 42.8 Å². The number of thiazole rings is 1. The monoisotopic (exact) mass is 492 g/mol. The number of nitrogens with one attached hydrogen (secondary N) is 2. The molecule has 0 aromatic carbocycles. The van der Waals surface area contributed by atoms with Crippen LogP contribution < -0.4 is 10.6 Å². The first-order valence-corrected chi connectivity index (χ1v) is 10.3. The molecule has 2 N–H and O–H groups in total. The van der Waals surface area contributed by atoms with Crippen LogP contribution in [0, 0.1) is 25.2 Å². The average molecular weight is 492 g/mol. The molecule has 0 spiro atoms. The number of guanidine groups is 1. The number of ether oxygens (including phenoxy) is 1. The Hall–Kier alpha value is -0.410. The maximum atomic E-state index is 6.01. The third-order valence-corrected chi connectivity index (χ3v) is 6.71. The molecule has 1 saturated heterocycles. The summed E-state index contributed by atoms with van der Waals surface area (Å²) in [7, 11) is 0. The minimum Gasteiger partial charge on any atom is -0.377 e. The van der Waals surface area contributed by atoms with Gasteiger partial charge in [0.25, 0.3) is 0 Å². The number of rotatable bonds is 5. The fraction of sp³-hybridized carbons (Fsp3) is 0.789. The molecule has 1 aromatic heterocycles. The largest absolute Gasteiger partial charge is 0.377 e. The zero-order valence-electron chi connectivity index (χ0n) is 16.6. The van der Waals surface area contributed by atoms with Gasteiger partial charge in [0.2, 0.25) is 0 Å². The van der Waals surface area contributed by atoms with Gasteiger partial charge in [-0.2, -0.15) is 0 Å². The van der Waals surface area contributed by atoms with Gasteiger partial charge in [-0.1, -0.05) is 13.8 Å². The normalized spacial score (nSPS) is 27.1. The van der Waals surface area contributed by atoms with Gasteiger partial charge in [-0.3, -0.25) is 4.99 Å². The smallest absolute Gasteiger partial charge is 0.191 e. The van der Waals surface area contributed by atoms with Crippen LogP contribution in [-0.2, 0) is 11.2 Å². The summed E-state index contributed by atoms with van der Waals surface area (Å²) < 4.78 is 6.01. The van der Waals surface area contributed by atoms with E-state index in [1.54, 1.807) is 11.3 Å². The van der Waals surface area contributed by atoms with E-state index in [2.05, 4.69) is 50.2 Å². The topological polar surface area (TPSA) is 58.5 Å². The molecule has 1 aliphatic carbocycles. The van der Waals surface area contributed by atoms with Crippen LogP contribution in [0.1, 0.15) is 49.2 Å². The van der Waals surface area contributed by atoms with Crippen molar-refractivity contribution >= 4 is 41.3 Å². The molecular weight excluding hydrogens is 459 g/mol. The number of aliphatic imine (C=N–C) groups is 1. The molecule has 2 heterocycles.